The summed E-state index contributed by atoms with van der Waals surface area (Å²) < 4.78 is 0. The number of anilines is 2. The fourth-order valence-corrected chi connectivity index (χ4v) is 2.52. The topological polar surface area (TPSA) is 29.3 Å². The van der Waals surface area contributed by atoms with E-state index in [4.69, 9.17) is 5.73 Å². The molecule has 2 nitrogen and oxygen atoms in total. The van der Waals surface area contributed by atoms with Gasteiger partial charge in [0.05, 0.1) is 0 Å². The van der Waals surface area contributed by atoms with E-state index in [0.29, 0.717) is 12.1 Å². The predicted molar refractivity (Wildman–Crippen MR) is 66.2 cm³/mol. The highest BCUT2D eigenvalue weighted by Gasteiger charge is 2.27. The first-order valence-electron chi connectivity index (χ1n) is 5.74. The van der Waals surface area contributed by atoms with Crippen molar-refractivity contribution >= 4 is 11.4 Å². The third-order valence-electron chi connectivity index (χ3n) is 3.50. The van der Waals surface area contributed by atoms with Gasteiger partial charge >= 0.3 is 0 Å². The van der Waals surface area contributed by atoms with E-state index < -0.39 is 0 Å². The number of nitrogen functional groups attached to an aromatic ring is 1. The van der Waals surface area contributed by atoms with Crippen LogP contribution in [0.15, 0.2) is 18.2 Å². The summed E-state index contributed by atoms with van der Waals surface area (Å²) in [7, 11) is 0. The van der Waals surface area contributed by atoms with Crippen molar-refractivity contribution in [3.8, 4) is 0 Å². The molecule has 1 aliphatic rings. The molecular weight excluding hydrogens is 184 g/mol. The van der Waals surface area contributed by atoms with Crippen LogP contribution in [0.4, 0.5) is 11.4 Å². The zero-order valence-electron chi connectivity index (χ0n) is 9.83. The van der Waals surface area contributed by atoms with E-state index in [1.54, 1.807) is 0 Å². The average molecular weight is 204 g/mol. The third-order valence-corrected chi connectivity index (χ3v) is 3.50. The molecule has 2 atom stereocenters. The SMILES string of the molecule is Cc1cc(N2C(C)CCC2C)ccc1N. The van der Waals surface area contributed by atoms with Gasteiger partial charge in [-0.15, -0.1) is 0 Å². The van der Waals surface area contributed by atoms with Crippen molar-refractivity contribution < 1.29 is 0 Å². The lowest BCUT2D eigenvalue weighted by molar-refractivity contribution is 0.694. The summed E-state index contributed by atoms with van der Waals surface area (Å²) in [6, 6.07) is 7.67. The van der Waals surface area contributed by atoms with Crippen LogP contribution in [0, 0.1) is 6.92 Å². The predicted octanol–water partition coefficient (Wildman–Crippen LogP) is 2.95. The van der Waals surface area contributed by atoms with Crippen LogP contribution in [0.3, 0.4) is 0 Å². The fourth-order valence-electron chi connectivity index (χ4n) is 2.52. The highest BCUT2D eigenvalue weighted by atomic mass is 15.2. The van der Waals surface area contributed by atoms with E-state index in [2.05, 4.69) is 37.8 Å². The van der Waals surface area contributed by atoms with Crippen LogP contribution in [0.25, 0.3) is 0 Å². The van der Waals surface area contributed by atoms with Gasteiger partial charge in [-0.1, -0.05) is 0 Å². The van der Waals surface area contributed by atoms with Crippen LogP contribution < -0.4 is 10.6 Å². The van der Waals surface area contributed by atoms with Crippen molar-refractivity contribution in [2.24, 2.45) is 0 Å². The van der Waals surface area contributed by atoms with E-state index in [1.807, 2.05) is 6.07 Å². The zero-order chi connectivity index (χ0) is 11.0. The molecule has 0 bridgehead atoms. The van der Waals surface area contributed by atoms with E-state index in [0.717, 1.165) is 5.69 Å². The Balaban J connectivity index is 2.32. The van der Waals surface area contributed by atoms with Gasteiger partial charge in [0, 0.05) is 23.5 Å². The second kappa shape index (κ2) is 3.76. The average Bonchev–Trinajstić information content (AvgIpc) is 2.52. The van der Waals surface area contributed by atoms with Crippen LogP contribution >= 0.6 is 0 Å². The number of aryl methyl sites for hydroxylation is 1. The molecule has 2 rings (SSSR count). The van der Waals surface area contributed by atoms with Crippen LogP contribution in [-0.4, -0.2) is 12.1 Å². The lowest BCUT2D eigenvalue weighted by Crippen LogP contribution is -2.32. The van der Waals surface area contributed by atoms with Crippen LogP contribution in [0.5, 0.6) is 0 Å². The maximum atomic E-state index is 5.84. The van der Waals surface area contributed by atoms with Gasteiger partial charge in [0.25, 0.3) is 0 Å². The van der Waals surface area contributed by atoms with Gasteiger partial charge in [-0.25, -0.2) is 0 Å². The molecule has 2 unspecified atom stereocenters. The standard InChI is InChI=1S/C13H20N2/c1-9-8-12(6-7-13(9)14)15-10(2)4-5-11(15)3/h6-8,10-11H,4-5,14H2,1-3H3. The number of nitrogens with two attached hydrogens (primary N) is 1. The lowest BCUT2D eigenvalue weighted by Gasteiger charge is -2.29. The first kappa shape index (κ1) is 10.3. The normalized spacial score (nSPS) is 25.9. The Kier molecular flexibility index (Phi) is 2.59. The molecule has 0 aromatic heterocycles. The van der Waals surface area contributed by atoms with Gasteiger partial charge in [0.2, 0.25) is 0 Å². The smallest absolute Gasteiger partial charge is 0.0375 e. The Morgan fingerprint density at radius 1 is 1.20 bits per heavy atom. The first-order valence-corrected chi connectivity index (χ1v) is 5.74. The van der Waals surface area contributed by atoms with Gasteiger partial charge in [-0.2, -0.15) is 0 Å². The van der Waals surface area contributed by atoms with E-state index in [1.165, 1.54) is 24.1 Å². The summed E-state index contributed by atoms with van der Waals surface area (Å²) >= 11 is 0. The molecule has 1 aromatic rings. The molecule has 0 aliphatic carbocycles. The maximum Gasteiger partial charge on any atom is 0.0375 e. The maximum absolute atomic E-state index is 5.84. The van der Waals surface area contributed by atoms with Gasteiger partial charge in [-0.3, -0.25) is 0 Å². The summed E-state index contributed by atoms with van der Waals surface area (Å²) in [6.07, 6.45) is 2.59. The van der Waals surface area contributed by atoms with Crippen molar-refractivity contribution in [3.63, 3.8) is 0 Å². The molecule has 1 heterocycles. The van der Waals surface area contributed by atoms with Crippen molar-refractivity contribution in [2.75, 3.05) is 10.6 Å². The third kappa shape index (κ3) is 1.81. The van der Waals surface area contributed by atoms with Gasteiger partial charge < -0.3 is 10.6 Å². The molecule has 82 valence electrons. The van der Waals surface area contributed by atoms with Gasteiger partial charge in [-0.05, 0) is 57.4 Å². The molecule has 0 amide bonds. The molecule has 15 heavy (non-hydrogen) atoms. The van der Waals surface area contributed by atoms with Gasteiger partial charge in [0.15, 0.2) is 0 Å². The molecular formula is C13H20N2. The van der Waals surface area contributed by atoms with Crippen molar-refractivity contribution in [3.05, 3.63) is 23.8 Å². The Hall–Kier alpha value is -1.18. The molecule has 1 aromatic carbocycles. The quantitative estimate of drug-likeness (QED) is 0.713. The van der Waals surface area contributed by atoms with E-state index >= 15 is 0 Å². The fraction of sp³-hybridized carbons (Fsp3) is 0.538. The monoisotopic (exact) mass is 204 g/mol. The summed E-state index contributed by atoms with van der Waals surface area (Å²) in [4.78, 5) is 2.51. The van der Waals surface area contributed by atoms with Crippen molar-refractivity contribution in [1.82, 2.24) is 0 Å². The van der Waals surface area contributed by atoms with E-state index in [9.17, 15) is 0 Å². The summed E-state index contributed by atoms with van der Waals surface area (Å²) in [5.74, 6) is 0. The summed E-state index contributed by atoms with van der Waals surface area (Å²) in [5, 5.41) is 0. The minimum Gasteiger partial charge on any atom is -0.399 e. The second-order valence-electron chi connectivity index (χ2n) is 4.72. The Morgan fingerprint density at radius 2 is 1.80 bits per heavy atom. The molecule has 1 fully saturated rings. The molecule has 1 aliphatic heterocycles. The number of nitrogens with zero attached hydrogens (tertiary/aromatic N) is 1. The second-order valence-corrected chi connectivity index (χ2v) is 4.72. The minimum absolute atomic E-state index is 0.656. The van der Waals surface area contributed by atoms with Crippen molar-refractivity contribution in [1.29, 1.82) is 0 Å². The largest absolute Gasteiger partial charge is 0.399 e. The Bertz CT molecular complexity index is 350. The number of hydrogen-bond donors (Lipinski definition) is 1. The minimum atomic E-state index is 0.656. The number of hydrogen-bond acceptors (Lipinski definition) is 2. The van der Waals surface area contributed by atoms with Crippen molar-refractivity contribution in [2.45, 2.75) is 45.7 Å². The number of benzene rings is 1. The molecule has 0 spiro atoms. The van der Waals surface area contributed by atoms with Crippen LogP contribution in [0.1, 0.15) is 32.3 Å². The van der Waals surface area contributed by atoms with E-state index in [-0.39, 0.29) is 0 Å². The van der Waals surface area contributed by atoms with Gasteiger partial charge in [0.1, 0.15) is 0 Å². The lowest BCUT2D eigenvalue weighted by atomic mass is 10.1. The van der Waals surface area contributed by atoms with Crippen LogP contribution in [0.2, 0.25) is 0 Å². The highest BCUT2D eigenvalue weighted by molar-refractivity contribution is 5.59. The molecule has 0 saturated carbocycles. The summed E-state index contributed by atoms with van der Waals surface area (Å²) in [6.45, 7) is 6.68. The Labute approximate surface area is 92.1 Å². The Morgan fingerprint density at radius 3 is 2.33 bits per heavy atom. The molecule has 0 radical (unpaired) electrons. The first-order chi connectivity index (χ1) is 7.09. The van der Waals surface area contributed by atoms with Crippen LogP contribution in [-0.2, 0) is 0 Å². The highest BCUT2D eigenvalue weighted by Crippen LogP contribution is 2.31. The molecule has 2 N–H and O–H groups in total. The molecule has 1 saturated heterocycles. The zero-order valence-corrected chi connectivity index (χ0v) is 9.83. The number of rotatable bonds is 1. The molecule has 2 heteroatoms. The summed E-state index contributed by atoms with van der Waals surface area (Å²) in [5.41, 5.74) is 9.22.